The number of hydrogen-bond donors (Lipinski definition) is 1. The van der Waals surface area contributed by atoms with E-state index in [0.29, 0.717) is 23.6 Å². The molecule has 0 unspecified atom stereocenters. The van der Waals surface area contributed by atoms with E-state index in [4.69, 9.17) is 4.42 Å². The fraction of sp³-hybridized carbons (Fsp3) is 0.182. The number of nitrogens with zero attached hydrogens (tertiary/aromatic N) is 2. The average Bonchev–Trinajstić information content (AvgIpc) is 3.23. The van der Waals surface area contributed by atoms with Gasteiger partial charge >= 0.3 is 0 Å². The maximum atomic E-state index is 13.0. The molecule has 2 aromatic carbocycles. The van der Waals surface area contributed by atoms with E-state index in [9.17, 15) is 13.2 Å². The molecule has 1 aliphatic heterocycles. The first-order valence-corrected chi connectivity index (χ1v) is 11.0. The minimum absolute atomic E-state index is 0.0381. The predicted molar refractivity (Wildman–Crippen MR) is 116 cm³/mol. The van der Waals surface area contributed by atoms with Gasteiger partial charge in [0.25, 0.3) is 15.9 Å². The summed E-state index contributed by atoms with van der Waals surface area (Å²) in [6.45, 7) is 4.03. The second kappa shape index (κ2) is 7.79. The summed E-state index contributed by atoms with van der Waals surface area (Å²) in [4.78, 5) is 14.2. The highest BCUT2D eigenvalue weighted by atomic mass is 32.2. The highest BCUT2D eigenvalue weighted by molar-refractivity contribution is 7.90. The number of hydrogen-bond acceptors (Lipinski definition) is 5. The standard InChI is InChI=1S/C22H21N3O4S/c1-15(2)13-21-24-30(27,28)20-14-16(23-22(26)19-9-6-12-29-19)10-11-18(20)25(21)17-7-4-3-5-8-17/h3-12,14-15H,13H2,1-2H3,(H,23,26). The summed E-state index contributed by atoms with van der Waals surface area (Å²) in [6, 6.07) is 17.4. The summed E-state index contributed by atoms with van der Waals surface area (Å²) in [5, 5.41) is 2.67. The number of carbonyl (C=O) groups excluding carboxylic acids is 1. The van der Waals surface area contributed by atoms with Crippen LogP contribution in [0.15, 0.2) is 80.6 Å². The number of benzene rings is 2. The van der Waals surface area contributed by atoms with Gasteiger partial charge in [-0.3, -0.25) is 9.69 Å². The molecule has 7 nitrogen and oxygen atoms in total. The van der Waals surface area contributed by atoms with Crippen LogP contribution < -0.4 is 10.2 Å². The van der Waals surface area contributed by atoms with Gasteiger partial charge in [-0.1, -0.05) is 32.0 Å². The number of sulfonamides is 1. The van der Waals surface area contributed by atoms with Gasteiger partial charge < -0.3 is 9.73 Å². The van der Waals surface area contributed by atoms with Gasteiger partial charge in [0.1, 0.15) is 10.7 Å². The van der Waals surface area contributed by atoms with Crippen LogP contribution in [0, 0.1) is 5.92 Å². The molecule has 1 amide bonds. The molecule has 3 aromatic rings. The number of nitrogens with one attached hydrogen (secondary N) is 1. The Hall–Kier alpha value is -3.39. The number of para-hydroxylation sites is 1. The number of fused-ring (bicyclic) bond motifs is 1. The molecule has 0 saturated heterocycles. The van der Waals surface area contributed by atoms with Crippen molar-refractivity contribution in [2.75, 3.05) is 10.2 Å². The summed E-state index contributed by atoms with van der Waals surface area (Å²) in [6.07, 6.45) is 1.90. The van der Waals surface area contributed by atoms with E-state index >= 15 is 0 Å². The van der Waals surface area contributed by atoms with Gasteiger partial charge in [-0.25, -0.2) is 0 Å². The molecule has 2 heterocycles. The van der Waals surface area contributed by atoms with Gasteiger partial charge in [-0.15, -0.1) is 4.40 Å². The van der Waals surface area contributed by atoms with Crippen molar-refractivity contribution in [3.8, 4) is 0 Å². The van der Waals surface area contributed by atoms with Gasteiger partial charge in [0.2, 0.25) is 0 Å². The van der Waals surface area contributed by atoms with Crippen LogP contribution in [0.25, 0.3) is 0 Å². The lowest BCUT2D eigenvalue weighted by Gasteiger charge is -2.32. The normalized spacial score (nSPS) is 14.9. The molecular weight excluding hydrogens is 402 g/mol. The van der Waals surface area contributed by atoms with Crippen LogP contribution in [0.5, 0.6) is 0 Å². The SMILES string of the molecule is CC(C)CC1=NS(=O)(=O)c2cc(NC(=O)c3ccco3)ccc2N1c1ccccc1. The molecule has 1 aromatic heterocycles. The number of furan rings is 1. The molecule has 0 atom stereocenters. The topological polar surface area (TPSA) is 92.0 Å². The van der Waals surface area contributed by atoms with E-state index < -0.39 is 15.9 Å². The molecule has 8 heteroatoms. The lowest BCUT2D eigenvalue weighted by molar-refractivity contribution is 0.0996. The van der Waals surface area contributed by atoms with Crippen molar-refractivity contribution in [2.45, 2.75) is 25.2 Å². The number of rotatable bonds is 5. The lowest BCUT2D eigenvalue weighted by atomic mass is 10.1. The molecule has 0 radical (unpaired) electrons. The Morgan fingerprint density at radius 2 is 1.87 bits per heavy atom. The Balaban J connectivity index is 1.78. The summed E-state index contributed by atoms with van der Waals surface area (Å²) in [5.74, 6) is 0.366. The fourth-order valence-corrected chi connectivity index (χ4v) is 4.54. The molecule has 0 bridgehead atoms. The Morgan fingerprint density at radius 1 is 1.10 bits per heavy atom. The number of amidine groups is 1. The van der Waals surface area contributed by atoms with Crippen LogP contribution >= 0.6 is 0 Å². The first-order valence-electron chi connectivity index (χ1n) is 9.53. The van der Waals surface area contributed by atoms with Crippen LogP contribution in [0.2, 0.25) is 0 Å². The summed E-state index contributed by atoms with van der Waals surface area (Å²) in [7, 11) is -3.92. The van der Waals surface area contributed by atoms with Gasteiger partial charge in [-0.2, -0.15) is 8.42 Å². The molecule has 0 spiro atoms. The molecular formula is C22H21N3O4S. The molecule has 30 heavy (non-hydrogen) atoms. The third kappa shape index (κ3) is 3.86. The van der Waals surface area contributed by atoms with E-state index in [-0.39, 0.29) is 16.6 Å². The second-order valence-electron chi connectivity index (χ2n) is 7.37. The highest BCUT2D eigenvalue weighted by Crippen LogP contribution is 2.39. The zero-order valence-electron chi connectivity index (χ0n) is 16.6. The molecule has 0 saturated carbocycles. The van der Waals surface area contributed by atoms with Crippen molar-refractivity contribution in [3.63, 3.8) is 0 Å². The molecule has 1 aliphatic rings. The van der Waals surface area contributed by atoms with Gasteiger partial charge in [0.15, 0.2) is 5.76 Å². The van der Waals surface area contributed by atoms with Gasteiger partial charge in [0, 0.05) is 17.8 Å². The monoisotopic (exact) mass is 423 g/mol. The third-order valence-electron chi connectivity index (χ3n) is 4.57. The van der Waals surface area contributed by atoms with Crippen LogP contribution in [0.4, 0.5) is 17.1 Å². The van der Waals surface area contributed by atoms with Crippen molar-refractivity contribution in [1.29, 1.82) is 0 Å². The van der Waals surface area contributed by atoms with Crippen LogP contribution in [-0.4, -0.2) is 20.2 Å². The van der Waals surface area contributed by atoms with Crippen molar-refractivity contribution in [1.82, 2.24) is 0 Å². The van der Waals surface area contributed by atoms with E-state index in [0.717, 1.165) is 5.69 Å². The van der Waals surface area contributed by atoms with E-state index in [1.54, 1.807) is 18.2 Å². The summed E-state index contributed by atoms with van der Waals surface area (Å²) >= 11 is 0. The Kier molecular flexibility index (Phi) is 5.17. The van der Waals surface area contributed by atoms with E-state index in [2.05, 4.69) is 9.71 Å². The predicted octanol–water partition coefficient (Wildman–Crippen LogP) is 4.82. The molecule has 0 aliphatic carbocycles. The Morgan fingerprint density at radius 3 is 2.53 bits per heavy atom. The van der Waals surface area contributed by atoms with Crippen molar-refractivity contribution >= 4 is 38.8 Å². The molecule has 1 N–H and O–H groups in total. The minimum Gasteiger partial charge on any atom is -0.459 e. The number of carbonyl (C=O) groups is 1. The maximum absolute atomic E-state index is 13.0. The molecule has 154 valence electrons. The molecule has 0 fully saturated rings. The quantitative estimate of drug-likeness (QED) is 0.635. The highest BCUT2D eigenvalue weighted by Gasteiger charge is 2.32. The molecule has 4 rings (SSSR count). The van der Waals surface area contributed by atoms with Crippen molar-refractivity contribution in [2.24, 2.45) is 10.3 Å². The summed E-state index contributed by atoms with van der Waals surface area (Å²) < 4.78 is 35.1. The van der Waals surface area contributed by atoms with Gasteiger partial charge in [0.05, 0.1) is 12.0 Å². The zero-order valence-corrected chi connectivity index (χ0v) is 17.4. The van der Waals surface area contributed by atoms with Crippen molar-refractivity contribution < 1.29 is 17.6 Å². The number of anilines is 3. The smallest absolute Gasteiger partial charge is 0.291 e. The Bertz CT molecular complexity index is 1200. The van der Waals surface area contributed by atoms with Crippen LogP contribution in [-0.2, 0) is 10.0 Å². The van der Waals surface area contributed by atoms with E-state index in [1.165, 1.54) is 18.4 Å². The van der Waals surface area contributed by atoms with Gasteiger partial charge in [-0.05, 0) is 48.4 Å². The third-order valence-corrected chi connectivity index (χ3v) is 5.90. The lowest BCUT2D eigenvalue weighted by Crippen LogP contribution is -2.33. The first kappa shape index (κ1) is 19.9. The fourth-order valence-electron chi connectivity index (χ4n) is 3.31. The summed E-state index contributed by atoms with van der Waals surface area (Å²) in [5.41, 5.74) is 1.66. The van der Waals surface area contributed by atoms with E-state index in [1.807, 2.05) is 49.1 Å². The van der Waals surface area contributed by atoms with Crippen LogP contribution in [0.1, 0.15) is 30.8 Å². The number of amides is 1. The minimum atomic E-state index is -3.92. The second-order valence-corrected chi connectivity index (χ2v) is 8.94. The average molecular weight is 423 g/mol. The largest absolute Gasteiger partial charge is 0.459 e. The Labute approximate surface area is 175 Å². The van der Waals surface area contributed by atoms with Crippen LogP contribution in [0.3, 0.4) is 0 Å². The van der Waals surface area contributed by atoms with Crippen molar-refractivity contribution in [3.05, 3.63) is 72.7 Å². The zero-order chi connectivity index (χ0) is 21.3. The maximum Gasteiger partial charge on any atom is 0.291 e. The first-order chi connectivity index (χ1) is 14.3.